The van der Waals surface area contributed by atoms with Crippen molar-refractivity contribution < 1.29 is 14.6 Å². The molecule has 0 aliphatic carbocycles. The zero-order chi connectivity index (χ0) is 20.8. The Balaban J connectivity index is 0.00000320. The Hall–Kier alpha value is -2.37. The number of ether oxygens (including phenoxy) is 1. The third-order valence-corrected chi connectivity index (χ3v) is 5.16. The number of hydrogen-bond acceptors (Lipinski definition) is 4. The SMILES string of the molecule is Cc1nc2c(OCCCC(C)C)cccn2c1C(=O)C[C@@H](CO)c1ccccc1.Cl. The highest BCUT2D eigenvalue weighted by molar-refractivity contribution is 5.97. The molecule has 5 nitrogen and oxygen atoms in total. The first-order chi connectivity index (χ1) is 14.0. The van der Waals surface area contributed by atoms with Crippen molar-refractivity contribution in [3.05, 3.63) is 65.6 Å². The van der Waals surface area contributed by atoms with Crippen LogP contribution in [-0.2, 0) is 0 Å². The van der Waals surface area contributed by atoms with Gasteiger partial charge in [-0.1, -0.05) is 44.2 Å². The van der Waals surface area contributed by atoms with Crippen LogP contribution in [0.15, 0.2) is 48.7 Å². The molecule has 1 atom stereocenters. The summed E-state index contributed by atoms with van der Waals surface area (Å²) in [5, 5.41) is 9.82. The lowest BCUT2D eigenvalue weighted by Gasteiger charge is -2.14. The average molecular weight is 431 g/mol. The lowest BCUT2D eigenvalue weighted by molar-refractivity contribution is 0.0953. The molecular formula is C24H31ClN2O3. The summed E-state index contributed by atoms with van der Waals surface area (Å²) in [4.78, 5) is 17.7. The van der Waals surface area contributed by atoms with Crippen LogP contribution in [0.5, 0.6) is 5.75 Å². The van der Waals surface area contributed by atoms with E-state index in [1.807, 2.05) is 60.0 Å². The van der Waals surface area contributed by atoms with E-state index in [-0.39, 0.29) is 37.1 Å². The van der Waals surface area contributed by atoms with Crippen LogP contribution >= 0.6 is 12.4 Å². The van der Waals surface area contributed by atoms with E-state index in [2.05, 4.69) is 18.8 Å². The van der Waals surface area contributed by atoms with Crippen LogP contribution in [0, 0.1) is 12.8 Å². The second-order valence-corrected chi connectivity index (χ2v) is 7.91. The summed E-state index contributed by atoms with van der Waals surface area (Å²) in [5.74, 6) is 1.08. The number of aliphatic hydroxyl groups is 1. The van der Waals surface area contributed by atoms with Crippen molar-refractivity contribution in [2.45, 2.75) is 46.0 Å². The van der Waals surface area contributed by atoms with Gasteiger partial charge >= 0.3 is 0 Å². The lowest BCUT2D eigenvalue weighted by Crippen LogP contribution is -2.13. The molecule has 30 heavy (non-hydrogen) atoms. The smallest absolute Gasteiger partial charge is 0.182 e. The highest BCUT2D eigenvalue weighted by Gasteiger charge is 2.22. The summed E-state index contributed by atoms with van der Waals surface area (Å²) >= 11 is 0. The summed E-state index contributed by atoms with van der Waals surface area (Å²) in [5.41, 5.74) is 2.86. The van der Waals surface area contributed by atoms with Gasteiger partial charge in [0.15, 0.2) is 17.2 Å². The van der Waals surface area contributed by atoms with Crippen LogP contribution in [0.4, 0.5) is 0 Å². The zero-order valence-electron chi connectivity index (χ0n) is 17.9. The van der Waals surface area contributed by atoms with E-state index in [0.717, 1.165) is 18.4 Å². The number of aliphatic hydroxyl groups excluding tert-OH is 1. The van der Waals surface area contributed by atoms with Gasteiger partial charge in [0.1, 0.15) is 5.69 Å². The summed E-state index contributed by atoms with van der Waals surface area (Å²) in [6.07, 6.45) is 4.18. The van der Waals surface area contributed by atoms with Crippen LogP contribution in [0.2, 0.25) is 0 Å². The lowest BCUT2D eigenvalue weighted by atomic mass is 9.93. The highest BCUT2D eigenvalue weighted by atomic mass is 35.5. The summed E-state index contributed by atoms with van der Waals surface area (Å²) < 4.78 is 7.77. The number of aromatic nitrogens is 2. The topological polar surface area (TPSA) is 63.8 Å². The molecule has 3 aromatic rings. The number of fused-ring (bicyclic) bond motifs is 1. The Bertz CT molecular complexity index is 954. The largest absolute Gasteiger partial charge is 0.490 e. The van der Waals surface area contributed by atoms with Crippen molar-refractivity contribution in [2.75, 3.05) is 13.2 Å². The second kappa shape index (κ2) is 11.1. The van der Waals surface area contributed by atoms with Crippen LogP contribution in [0.1, 0.15) is 60.8 Å². The molecule has 0 radical (unpaired) electrons. The maximum absolute atomic E-state index is 13.1. The van der Waals surface area contributed by atoms with Gasteiger partial charge in [0.05, 0.1) is 18.9 Å². The van der Waals surface area contributed by atoms with Crippen LogP contribution in [0.25, 0.3) is 5.65 Å². The number of rotatable bonds is 10. The Morgan fingerprint density at radius 2 is 1.90 bits per heavy atom. The number of nitrogens with zero attached hydrogens (tertiary/aromatic N) is 2. The third-order valence-electron chi connectivity index (χ3n) is 5.16. The van der Waals surface area contributed by atoms with Gasteiger partial charge in [-0.25, -0.2) is 4.98 Å². The van der Waals surface area contributed by atoms with E-state index < -0.39 is 0 Å². The third kappa shape index (κ3) is 5.61. The van der Waals surface area contributed by atoms with Crippen molar-refractivity contribution in [1.82, 2.24) is 9.38 Å². The van der Waals surface area contributed by atoms with Crippen molar-refractivity contribution >= 4 is 23.8 Å². The first kappa shape index (κ1) is 23.9. The normalized spacial score (nSPS) is 12.0. The predicted molar refractivity (Wildman–Crippen MR) is 122 cm³/mol. The molecule has 0 bridgehead atoms. The van der Waals surface area contributed by atoms with Crippen molar-refractivity contribution in [3.63, 3.8) is 0 Å². The minimum Gasteiger partial charge on any atom is -0.490 e. The molecule has 3 rings (SSSR count). The van der Waals surface area contributed by atoms with Crippen molar-refractivity contribution in [2.24, 2.45) is 5.92 Å². The van der Waals surface area contributed by atoms with Crippen LogP contribution in [-0.4, -0.2) is 33.5 Å². The molecule has 2 heterocycles. The van der Waals surface area contributed by atoms with E-state index in [1.54, 1.807) is 0 Å². The molecule has 2 aromatic heterocycles. The number of carbonyl (C=O) groups excluding carboxylic acids is 1. The minimum atomic E-state index is -0.232. The zero-order valence-corrected chi connectivity index (χ0v) is 18.7. The number of hydrogen-bond donors (Lipinski definition) is 1. The fraction of sp³-hybridized carbons (Fsp3) is 0.417. The van der Waals surface area contributed by atoms with Crippen LogP contribution in [0.3, 0.4) is 0 Å². The summed E-state index contributed by atoms with van der Waals surface area (Å²) in [6.45, 7) is 6.81. The molecule has 0 aliphatic heterocycles. The molecule has 1 aromatic carbocycles. The molecule has 0 saturated carbocycles. The number of benzene rings is 1. The van der Waals surface area contributed by atoms with E-state index >= 15 is 0 Å². The molecule has 0 amide bonds. The maximum atomic E-state index is 13.1. The minimum absolute atomic E-state index is 0. The average Bonchev–Trinajstić information content (AvgIpc) is 3.06. The quantitative estimate of drug-likeness (QED) is 0.353. The molecule has 6 heteroatoms. The Morgan fingerprint density at radius 1 is 1.17 bits per heavy atom. The van der Waals surface area contributed by atoms with Gasteiger partial charge < -0.3 is 9.84 Å². The number of aryl methyl sites for hydroxylation is 1. The summed E-state index contributed by atoms with van der Waals surface area (Å²) in [6, 6.07) is 13.4. The Kier molecular flexibility index (Phi) is 8.88. The first-order valence-electron chi connectivity index (χ1n) is 10.3. The van der Waals surface area contributed by atoms with E-state index in [9.17, 15) is 9.90 Å². The van der Waals surface area contributed by atoms with E-state index in [1.165, 1.54) is 0 Å². The molecule has 1 N–H and O–H groups in total. The fourth-order valence-electron chi connectivity index (χ4n) is 3.61. The second-order valence-electron chi connectivity index (χ2n) is 7.91. The van der Waals surface area contributed by atoms with Crippen molar-refractivity contribution in [1.29, 1.82) is 0 Å². The number of imidazole rings is 1. The summed E-state index contributed by atoms with van der Waals surface area (Å²) in [7, 11) is 0. The molecule has 0 saturated heterocycles. The van der Waals surface area contributed by atoms with Gasteiger partial charge in [-0.15, -0.1) is 12.4 Å². The van der Waals surface area contributed by atoms with Gasteiger partial charge in [-0.2, -0.15) is 0 Å². The molecule has 162 valence electrons. The molecular weight excluding hydrogens is 400 g/mol. The standard InChI is InChI=1S/C24H30N2O3.ClH/c1-17(2)9-8-14-29-22-12-7-13-26-23(18(3)25-24(22)26)21(28)15-20(16-27)19-10-5-4-6-11-19;/h4-7,10-13,17,20,27H,8-9,14-16H2,1-3H3;1H/t20-;/m0./s1. The molecule has 0 fully saturated rings. The molecule has 0 spiro atoms. The maximum Gasteiger partial charge on any atom is 0.182 e. The first-order valence-corrected chi connectivity index (χ1v) is 10.3. The van der Waals surface area contributed by atoms with Gasteiger partial charge in [0.25, 0.3) is 0 Å². The molecule has 0 aliphatic rings. The van der Waals surface area contributed by atoms with Crippen molar-refractivity contribution in [3.8, 4) is 5.75 Å². The number of Topliss-reactive ketones (excluding diaryl/α,β-unsaturated/α-hetero) is 1. The van der Waals surface area contributed by atoms with E-state index in [4.69, 9.17) is 4.74 Å². The van der Waals surface area contributed by atoms with Gasteiger partial charge in [-0.05, 0) is 43.4 Å². The van der Waals surface area contributed by atoms with E-state index in [0.29, 0.717) is 35.3 Å². The van der Waals surface area contributed by atoms with Gasteiger partial charge in [-0.3, -0.25) is 9.20 Å². The number of pyridine rings is 1. The van der Waals surface area contributed by atoms with Crippen LogP contribution < -0.4 is 4.74 Å². The van der Waals surface area contributed by atoms with Gasteiger partial charge in [0.2, 0.25) is 0 Å². The number of carbonyl (C=O) groups is 1. The highest BCUT2D eigenvalue weighted by Crippen LogP contribution is 2.26. The Morgan fingerprint density at radius 3 is 2.57 bits per heavy atom. The predicted octanol–water partition coefficient (Wildman–Crippen LogP) is 5.23. The molecule has 0 unspecified atom stereocenters. The fourth-order valence-corrected chi connectivity index (χ4v) is 3.61. The number of ketones is 1. The Labute approximate surface area is 184 Å². The monoisotopic (exact) mass is 430 g/mol. The van der Waals surface area contributed by atoms with Gasteiger partial charge in [0, 0.05) is 18.5 Å². The number of halogens is 1.